The van der Waals surface area contributed by atoms with Crippen molar-refractivity contribution in [2.75, 3.05) is 18.6 Å². The second kappa shape index (κ2) is 9.67. The molecule has 0 radical (unpaired) electrons. The minimum Gasteiger partial charge on any atom is -0.468 e. The average molecular weight is 350 g/mol. The van der Waals surface area contributed by atoms with Crippen LogP contribution in [-0.4, -0.2) is 41.1 Å². The van der Waals surface area contributed by atoms with Crippen LogP contribution in [0.15, 0.2) is 23.3 Å². The minimum absolute atomic E-state index is 0.0157. The number of nitrogens with zero attached hydrogens (tertiary/aromatic N) is 2. The highest BCUT2D eigenvalue weighted by Gasteiger charge is 2.13. The molecule has 0 N–H and O–H groups in total. The lowest BCUT2D eigenvalue weighted by Crippen LogP contribution is -2.29. The highest BCUT2D eigenvalue weighted by Crippen LogP contribution is 2.19. The molecule has 132 valence electrons. The highest BCUT2D eigenvalue weighted by molar-refractivity contribution is 7.99. The van der Waals surface area contributed by atoms with Crippen molar-refractivity contribution in [3.63, 3.8) is 0 Å². The van der Waals surface area contributed by atoms with Gasteiger partial charge in [-0.2, -0.15) is 0 Å². The Kier molecular flexibility index (Phi) is 7.56. The van der Waals surface area contributed by atoms with Crippen molar-refractivity contribution < 1.29 is 14.3 Å². The summed E-state index contributed by atoms with van der Waals surface area (Å²) in [6.45, 7) is 2.01. The Bertz CT molecular complexity index is 633. The van der Waals surface area contributed by atoms with Crippen molar-refractivity contribution in [3.05, 3.63) is 29.4 Å². The molecule has 1 aromatic heterocycles. The predicted molar refractivity (Wildman–Crippen MR) is 96.2 cm³/mol. The topological polar surface area (TPSA) is 60.7 Å². The number of rotatable bonds is 6. The molecular formula is C18H26N2O3S. The number of carbonyl (C=O) groups excluding carboxylic acids is 2. The van der Waals surface area contributed by atoms with E-state index in [4.69, 9.17) is 4.99 Å². The zero-order valence-electron chi connectivity index (χ0n) is 14.5. The number of pyridine rings is 1. The lowest BCUT2D eigenvalue weighted by Gasteiger charge is -2.18. The van der Waals surface area contributed by atoms with E-state index >= 15 is 0 Å². The molecule has 2 rings (SSSR count). The molecule has 1 heterocycles. The zero-order valence-corrected chi connectivity index (χ0v) is 15.3. The Labute approximate surface area is 147 Å². The van der Waals surface area contributed by atoms with Crippen molar-refractivity contribution in [2.45, 2.75) is 51.5 Å². The van der Waals surface area contributed by atoms with Gasteiger partial charge < -0.3 is 4.74 Å². The summed E-state index contributed by atoms with van der Waals surface area (Å²) in [6, 6.07) is 4.24. The molecule has 5 nitrogen and oxygen atoms in total. The second-order valence-electron chi connectivity index (χ2n) is 6.13. The molecule has 1 saturated carbocycles. The van der Waals surface area contributed by atoms with E-state index in [-0.39, 0.29) is 17.6 Å². The van der Waals surface area contributed by atoms with Crippen LogP contribution in [-0.2, 0) is 9.53 Å². The summed E-state index contributed by atoms with van der Waals surface area (Å²) >= 11 is 1.41. The molecule has 0 aliphatic heterocycles. The summed E-state index contributed by atoms with van der Waals surface area (Å²) in [6.07, 6.45) is 8.13. The van der Waals surface area contributed by atoms with Crippen LogP contribution < -0.4 is 5.49 Å². The lowest BCUT2D eigenvalue weighted by molar-refractivity contribution is -0.137. The van der Waals surface area contributed by atoms with Crippen LogP contribution in [0, 0.1) is 6.92 Å². The normalized spacial score (nSPS) is 16.2. The van der Waals surface area contributed by atoms with Gasteiger partial charge in [0.25, 0.3) is 0 Å². The quantitative estimate of drug-likeness (QED) is 0.584. The summed E-state index contributed by atoms with van der Waals surface area (Å²) in [5.74, 6) is 0.629. The number of hydrogen-bond acceptors (Lipinski definition) is 5. The van der Waals surface area contributed by atoms with Gasteiger partial charge in [0.2, 0.25) is 5.91 Å². The van der Waals surface area contributed by atoms with E-state index in [9.17, 15) is 9.59 Å². The zero-order chi connectivity index (χ0) is 17.4. The van der Waals surface area contributed by atoms with Gasteiger partial charge in [-0.05, 0) is 37.5 Å². The molecule has 1 fully saturated rings. The van der Waals surface area contributed by atoms with Gasteiger partial charge in [-0.15, -0.1) is 11.8 Å². The van der Waals surface area contributed by atoms with Crippen molar-refractivity contribution in [1.82, 2.24) is 4.57 Å². The van der Waals surface area contributed by atoms with Gasteiger partial charge in [-0.25, -0.2) is 0 Å². The molecule has 0 spiro atoms. The maximum atomic E-state index is 12.5. The highest BCUT2D eigenvalue weighted by atomic mass is 32.2. The lowest BCUT2D eigenvalue weighted by atomic mass is 9.96. The van der Waals surface area contributed by atoms with Gasteiger partial charge in [-0.1, -0.05) is 19.3 Å². The van der Waals surface area contributed by atoms with E-state index in [1.54, 1.807) is 4.57 Å². The number of esters is 1. The standard InChI is InChI=1S/C18H26N2O3S/c1-14-8-10-20(17(21)9-11-24-13-18(22)23-2)16(12-14)19-15-6-4-3-5-7-15/h8,10,12,15H,3-7,9,11,13H2,1-2H3. The Hall–Kier alpha value is -1.56. The SMILES string of the molecule is COC(=O)CSCCC(=O)n1ccc(C)cc1=NC1CCCCC1. The van der Waals surface area contributed by atoms with E-state index in [1.165, 1.54) is 38.1 Å². The molecule has 0 unspecified atom stereocenters. The molecule has 0 atom stereocenters. The number of aryl methyl sites for hydroxylation is 1. The number of hydrogen-bond donors (Lipinski definition) is 0. The Balaban J connectivity index is 2.04. The third-order valence-electron chi connectivity index (χ3n) is 4.16. The number of carbonyl (C=O) groups is 2. The largest absolute Gasteiger partial charge is 0.468 e. The Morgan fingerprint density at radius 1 is 1.33 bits per heavy atom. The third-order valence-corrected chi connectivity index (χ3v) is 5.09. The van der Waals surface area contributed by atoms with Gasteiger partial charge in [0.15, 0.2) is 0 Å². The molecule has 0 aromatic carbocycles. The smallest absolute Gasteiger partial charge is 0.315 e. The molecule has 24 heavy (non-hydrogen) atoms. The van der Waals surface area contributed by atoms with E-state index in [1.807, 2.05) is 25.3 Å². The van der Waals surface area contributed by atoms with E-state index in [0.29, 0.717) is 18.2 Å². The van der Waals surface area contributed by atoms with Crippen molar-refractivity contribution in [1.29, 1.82) is 0 Å². The van der Waals surface area contributed by atoms with Crippen LogP contribution in [0.3, 0.4) is 0 Å². The van der Waals surface area contributed by atoms with Crippen molar-refractivity contribution >= 4 is 23.6 Å². The first-order valence-electron chi connectivity index (χ1n) is 8.51. The van der Waals surface area contributed by atoms with Crippen LogP contribution in [0.5, 0.6) is 0 Å². The fraction of sp³-hybridized carbons (Fsp3) is 0.611. The maximum Gasteiger partial charge on any atom is 0.315 e. The van der Waals surface area contributed by atoms with E-state index in [2.05, 4.69) is 4.74 Å². The fourth-order valence-corrected chi connectivity index (χ4v) is 3.54. The molecule has 0 saturated heterocycles. The van der Waals surface area contributed by atoms with Crippen LogP contribution in [0.2, 0.25) is 0 Å². The summed E-state index contributed by atoms with van der Waals surface area (Å²) in [7, 11) is 1.37. The van der Waals surface area contributed by atoms with Crippen molar-refractivity contribution in [3.8, 4) is 0 Å². The van der Waals surface area contributed by atoms with E-state index in [0.717, 1.165) is 23.9 Å². The monoisotopic (exact) mass is 350 g/mol. The maximum absolute atomic E-state index is 12.5. The number of thioether (sulfide) groups is 1. The first kappa shape index (κ1) is 18.8. The van der Waals surface area contributed by atoms with Gasteiger partial charge in [0.1, 0.15) is 5.49 Å². The first-order valence-corrected chi connectivity index (χ1v) is 9.66. The van der Waals surface area contributed by atoms with E-state index < -0.39 is 0 Å². The molecule has 1 aliphatic carbocycles. The summed E-state index contributed by atoms with van der Waals surface area (Å²) in [4.78, 5) is 28.4. The van der Waals surface area contributed by atoms with Crippen LogP contribution in [0.1, 0.15) is 48.9 Å². The number of aromatic nitrogens is 1. The number of ether oxygens (including phenoxy) is 1. The molecule has 1 aromatic rings. The van der Waals surface area contributed by atoms with Crippen LogP contribution in [0.25, 0.3) is 0 Å². The van der Waals surface area contributed by atoms with Crippen LogP contribution in [0.4, 0.5) is 0 Å². The molecule has 0 bridgehead atoms. The molecule has 1 aliphatic rings. The molecule has 0 amide bonds. The van der Waals surface area contributed by atoms with Crippen LogP contribution >= 0.6 is 11.8 Å². The average Bonchev–Trinajstić information content (AvgIpc) is 2.59. The first-order chi connectivity index (χ1) is 11.6. The van der Waals surface area contributed by atoms with Gasteiger partial charge in [0, 0.05) is 18.4 Å². The summed E-state index contributed by atoms with van der Waals surface area (Å²) in [5.41, 5.74) is 1.86. The second-order valence-corrected chi connectivity index (χ2v) is 7.23. The summed E-state index contributed by atoms with van der Waals surface area (Å²) < 4.78 is 6.25. The van der Waals surface area contributed by atoms with Gasteiger partial charge in [-0.3, -0.25) is 19.1 Å². The van der Waals surface area contributed by atoms with Gasteiger partial charge in [0.05, 0.1) is 18.9 Å². The molecular weight excluding hydrogens is 324 g/mol. The third kappa shape index (κ3) is 5.82. The van der Waals surface area contributed by atoms with Crippen molar-refractivity contribution in [2.24, 2.45) is 4.99 Å². The van der Waals surface area contributed by atoms with Gasteiger partial charge >= 0.3 is 5.97 Å². The Morgan fingerprint density at radius 3 is 2.79 bits per heavy atom. The number of methoxy groups -OCH3 is 1. The Morgan fingerprint density at radius 2 is 2.08 bits per heavy atom. The summed E-state index contributed by atoms with van der Waals surface area (Å²) in [5, 5.41) is 0. The minimum atomic E-state index is -0.261. The molecule has 6 heteroatoms. The fourth-order valence-electron chi connectivity index (χ4n) is 2.79. The predicted octanol–water partition coefficient (Wildman–Crippen LogP) is 2.97.